The number of aromatic nitrogens is 1. The number of benzene rings is 2. The van der Waals surface area contributed by atoms with E-state index in [0.29, 0.717) is 18.7 Å². The van der Waals surface area contributed by atoms with Gasteiger partial charge in [-0.15, -0.1) is 0 Å². The zero-order valence-corrected chi connectivity index (χ0v) is 14.5. The zero-order valence-electron chi connectivity index (χ0n) is 14.5. The molecule has 0 aliphatic carbocycles. The number of H-pyrrole nitrogens is 1. The molecule has 2 aromatic carbocycles. The second-order valence-electron chi connectivity index (χ2n) is 5.83. The normalized spacial score (nSPS) is 10.3. The third-order valence-corrected chi connectivity index (χ3v) is 4.10. The molecule has 0 spiro atoms. The molecule has 1 amide bonds. The molecule has 0 fully saturated rings. The van der Waals surface area contributed by atoms with Crippen molar-refractivity contribution in [2.24, 2.45) is 0 Å². The first-order chi connectivity index (χ1) is 12.7. The lowest BCUT2D eigenvalue weighted by atomic mass is 10.1. The SMILES string of the molecule is COc1ccc(CCNC(=O)c2ccc(-c3ccccc3)[nH]c2=O)cc1. The van der Waals surface area contributed by atoms with E-state index in [4.69, 9.17) is 4.74 Å². The number of nitrogens with one attached hydrogen (secondary N) is 2. The van der Waals surface area contributed by atoms with Crippen molar-refractivity contribution in [3.05, 3.63) is 88.2 Å². The molecule has 0 bridgehead atoms. The van der Waals surface area contributed by atoms with Gasteiger partial charge in [0.05, 0.1) is 7.11 Å². The van der Waals surface area contributed by atoms with Gasteiger partial charge in [-0.1, -0.05) is 42.5 Å². The Hall–Kier alpha value is -3.34. The number of carbonyl (C=O) groups is 1. The molecule has 1 aromatic heterocycles. The highest BCUT2D eigenvalue weighted by atomic mass is 16.5. The topological polar surface area (TPSA) is 71.2 Å². The van der Waals surface area contributed by atoms with Crippen LogP contribution >= 0.6 is 0 Å². The second-order valence-corrected chi connectivity index (χ2v) is 5.83. The maximum atomic E-state index is 12.3. The average Bonchev–Trinajstić information content (AvgIpc) is 2.69. The fraction of sp³-hybridized carbons (Fsp3) is 0.143. The monoisotopic (exact) mass is 348 g/mol. The van der Waals surface area contributed by atoms with Gasteiger partial charge >= 0.3 is 0 Å². The number of hydrogen-bond donors (Lipinski definition) is 2. The van der Waals surface area contributed by atoms with E-state index in [-0.39, 0.29) is 11.5 Å². The van der Waals surface area contributed by atoms with Crippen molar-refractivity contribution in [1.29, 1.82) is 0 Å². The highest BCUT2D eigenvalue weighted by Gasteiger charge is 2.11. The van der Waals surface area contributed by atoms with E-state index in [2.05, 4.69) is 10.3 Å². The molecule has 0 saturated heterocycles. The average molecular weight is 348 g/mol. The third-order valence-electron chi connectivity index (χ3n) is 4.10. The lowest BCUT2D eigenvalue weighted by Gasteiger charge is -2.07. The van der Waals surface area contributed by atoms with Crippen LogP contribution in [0.5, 0.6) is 5.75 Å². The predicted octanol–water partition coefficient (Wildman–Crippen LogP) is 3.02. The number of ether oxygens (including phenoxy) is 1. The van der Waals surface area contributed by atoms with E-state index >= 15 is 0 Å². The fourth-order valence-electron chi connectivity index (χ4n) is 2.65. The van der Waals surface area contributed by atoms with Crippen molar-refractivity contribution in [2.45, 2.75) is 6.42 Å². The van der Waals surface area contributed by atoms with Gasteiger partial charge in [-0.25, -0.2) is 0 Å². The van der Waals surface area contributed by atoms with Crippen molar-refractivity contribution in [3.63, 3.8) is 0 Å². The van der Waals surface area contributed by atoms with Crippen molar-refractivity contribution >= 4 is 5.91 Å². The van der Waals surface area contributed by atoms with Gasteiger partial charge in [-0.3, -0.25) is 9.59 Å². The highest BCUT2D eigenvalue weighted by molar-refractivity contribution is 5.94. The molecule has 2 N–H and O–H groups in total. The second kappa shape index (κ2) is 8.16. The van der Waals surface area contributed by atoms with Crippen molar-refractivity contribution < 1.29 is 9.53 Å². The summed E-state index contributed by atoms with van der Waals surface area (Å²) in [6.45, 7) is 0.449. The van der Waals surface area contributed by atoms with Crippen molar-refractivity contribution in [1.82, 2.24) is 10.3 Å². The summed E-state index contributed by atoms with van der Waals surface area (Å²) in [7, 11) is 1.62. The first kappa shape index (κ1) is 17.5. The number of pyridine rings is 1. The molecule has 0 aliphatic rings. The van der Waals surface area contributed by atoms with Crippen molar-refractivity contribution in [2.75, 3.05) is 13.7 Å². The first-order valence-corrected chi connectivity index (χ1v) is 8.37. The Balaban J connectivity index is 1.61. The summed E-state index contributed by atoms with van der Waals surface area (Å²) < 4.78 is 5.12. The number of rotatable bonds is 6. The third kappa shape index (κ3) is 4.19. The van der Waals surface area contributed by atoms with Gasteiger partial charge in [0, 0.05) is 12.2 Å². The molecular weight excluding hydrogens is 328 g/mol. The van der Waals surface area contributed by atoms with E-state index in [0.717, 1.165) is 16.9 Å². The van der Waals surface area contributed by atoms with Gasteiger partial charge < -0.3 is 15.0 Å². The van der Waals surface area contributed by atoms with Gasteiger partial charge in [-0.05, 0) is 41.8 Å². The molecule has 1 heterocycles. The summed E-state index contributed by atoms with van der Waals surface area (Å²) in [6, 6.07) is 20.5. The molecule has 3 rings (SSSR count). The maximum absolute atomic E-state index is 12.3. The summed E-state index contributed by atoms with van der Waals surface area (Å²) in [4.78, 5) is 27.2. The predicted molar refractivity (Wildman–Crippen MR) is 102 cm³/mol. The number of hydrogen-bond acceptors (Lipinski definition) is 3. The van der Waals surface area contributed by atoms with Crippen LogP contribution in [0.4, 0.5) is 0 Å². The van der Waals surface area contributed by atoms with E-state index in [1.165, 1.54) is 0 Å². The van der Waals surface area contributed by atoms with Gasteiger partial charge in [-0.2, -0.15) is 0 Å². The van der Waals surface area contributed by atoms with Crippen LogP contribution in [0.15, 0.2) is 71.5 Å². The summed E-state index contributed by atoms with van der Waals surface area (Å²) in [5, 5.41) is 2.79. The van der Waals surface area contributed by atoms with E-state index < -0.39 is 5.56 Å². The number of amides is 1. The molecule has 0 unspecified atom stereocenters. The molecular formula is C21H20N2O3. The molecule has 0 radical (unpaired) electrons. The first-order valence-electron chi connectivity index (χ1n) is 8.37. The summed E-state index contributed by atoms with van der Waals surface area (Å²) >= 11 is 0. The Morgan fingerprint density at radius 2 is 1.73 bits per heavy atom. The molecule has 26 heavy (non-hydrogen) atoms. The minimum atomic E-state index is -0.395. The molecule has 3 aromatic rings. The molecule has 0 atom stereocenters. The Labute approximate surface area is 151 Å². The van der Waals surface area contributed by atoms with E-state index in [1.54, 1.807) is 19.2 Å². The van der Waals surface area contributed by atoms with Crippen LogP contribution in [0.25, 0.3) is 11.3 Å². The molecule has 0 saturated carbocycles. The van der Waals surface area contributed by atoms with Crippen LogP contribution in [0.3, 0.4) is 0 Å². The van der Waals surface area contributed by atoms with Crippen LogP contribution in [-0.4, -0.2) is 24.5 Å². The van der Waals surface area contributed by atoms with Crippen molar-refractivity contribution in [3.8, 4) is 17.0 Å². The van der Waals surface area contributed by atoms with Gasteiger partial charge in [0.25, 0.3) is 11.5 Å². The van der Waals surface area contributed by atoms with E-state index in [9.17, 15) is 9.59 Å². The summed E-state index contributed by atoms with van der Waals surface area (Å²) in [5.41, 5.74) is 2.38. The van der Waals surface area contributed by atoms with Gasteiger partial charge in [0.15, 0.2) is 0 Å². The number of aromatic amines is 1. The molecule has 0 aliphatic heterocycles. The van der Waals surface area contributed by atoms with E-state index in [1.807, 2.05) is 54.6 Å². The Kier molecular flexibility index (Phi) is 5.49. The van der Waals surface area contributed by atoms with Gasteiger partial charge in [0.2, 0.25) is 0 Å². The minimum absolute atomic E-state index is 0.111. The van der Waals surface area contributed by atoms with Gasteiger partial charge in [0.1, 0.15) is 11.3 Å². The lowest BCUT2D eigenvalue weighted by Crippen LogP contribution is -2.31. The maximum Gasteiger partial charge on any atom is 0.261 e. The molecule has 5 heteroatoms. The van der Waals surface area contributed by atoms with Crippen LogP contribution < -0.4 is 15.6 Å². The van der Waals surface area contributed by atoms with Crippen LogP contribution in [-0.2, 0) is 6.42 Å². The van der Waals surface area contributed by atoms with Crippen LogP contribution in [0, 0.1) is 0 Å². The number of carbonyl (C=O) groups excluding carboxylic acids is 1. The molecule has 132 valence electrons. The summed E-state index contributed by atoms with van der Waals surface area (Å²) in [5.74, 6) is 0.419. The smallest absolute Gasteiger partial charge is 0.261 e. The largest absolute Gasteiger partial charge is 0.497 e. The number of methoxy groups -OCH3 is 1. The molecule has 5 nitrogen and oxygen atoms in total. The van der Waals surface area contributed by atoms with Crippen LogP contribution in [0.2, 0.25) is 0 Å². The Morgan fingerprint density at radius 1 is 1.00 bits per heavy atom. The Morgan fingerprint density at radius 3 is 2.38 bits per heavy atom. The Bertz CT molecular complexity index is 931. The minimum Gasteiger partial charge on any atom is -0.497 e. The lowest BCUT2D eigenvalue weighted by molar-refractivity contribution is 0.0952. The van der Waals surface area contributed by atoms with Crippen LogP contribution in [0.1, 0.15) is 15.9 Å². The quantitative estimate of drug-likeness (QED) is 0.719. The zero-order chi connectivity index (χ0) is 18.4. The standard InChI is InChI=1S/C21H20N2O3/c1-26-17-9-7-15(8-10-17)13-14-22-20(24)18-11-12-19(23-21(18)25)16-5-3-2-4-6-16/h2-12H,13-14H2,1H3,(H,22,24)(H,23,25). The summed E-state index contributed by atoms with van der Waals surface area (Å²) in [6.07, 6.45) is 0.676. The highest BCUT2D eigenvalue weighted by Crippen LogP contribution is 2.14. The fourth-order valence-corrected chi connectivity index (χ4v) is 2.65.